The molecule has 9 heteroatoms. The molecule has 35 heavy (non-hydrogen) atoms. The van der Waals surface area contributed by atoms with Gasteiger partial charge in [-0.25, -0.2) is 0 Å². The number of rotatable bonds is 9. The number of nitrogens with one attached hydrogen (secondary N) is 1. The van der Waals surface area contributed by atoms with E-state index in [1.807, 2.05) is 60.9 Å². The number of aliphatic imine (C=N–C) groups is 1. The highest BCUT2D eigenvalue weighted by Gasteiger charge is 2.30. The minimum Gasteiger partial charge on any atom is -0.494 e. The van der Waals surface area contributed by atoms with E-state index in [1.165, 1.54) is 0 Å². The molecule has 1 aliphatic rings. The van der Waals surface area contributed by atoms with Crippen molar-refractivity contribution in [1.82, 2.24) is 20.1 Å². The van der Waals surface area contributed by atoms with Crippen molar-refractivity contribution >= 4 is 29.0 Å². The normalized spacial score (nSPS) is 14.4. The van der Waals surface area contributed by atoms with Crippen molar-refractivity contribution in [3.8, 4) is 11.4 Å². The molecule has 2 heterocycles. The van der Waals surface area contributed by atoms with Crippen LogP contribution in [-0.2, 0) is 9.59 Å². The summed E-state index contributed by atoms with van der Waals surface area (Å²) in [5.74, 6) is 2.01. The van der Waals surface area contributed by atoms with E-state index in [2.05, 4.69) is 15.5 Å². The quantitative estimate of drug-likeness (QED) is 0.445. The van der Waals surface area contributed by atoms with Crippen LogP contribution in [0.3, 0.4) is 0 Å². The summed E-state index contributed by atoms with van der Waals surface area (Å²) in [5.41, 5.74) is 3.26. The number of fused-ring (bicyclic) bond motifs is 3. The van der Waals surface area contributed by atoms with Gasteiger partial charge in [0.1, 0.15) is 23.4 Å². The Morgan fingerprint density at radius 2 is 1.91 bits per heavy atom. The van der Waals surface area contributed by atoms with Gasteiger partial charge in [0.15, 0.2) is 5.82 Å². The molecule has 0 fully saturated rings. The molecule has 0 bridgehead atoms. The Morgan fingerprint density at radius 1 is 1.14 bits per heavy atom. The number of halogens is 1. The number of aryl methyl sites for hydroxylation is 1. The average Bonchev–Trinajstić information content (AvgIpc) is 3.15. The van der Waals surface area contributed by atoms with Crippen LogP contribution in [0.1, 0.15) is 61.9 Å². The number of ether oxygens (including phenoxy) is 1. The fourth-order valence-electron chi connectivity index (χ4n) is 4.10. The van der Waals surface area contributed by atoms with Crippen molar-refractivity contribution in [2.75, 3.05) is 13.2 Å². The van der Waals surface area contributed by atoms with Crippen molar-refractivity contribution in [1.29, 1.82) is 0 Å². The third-order valence-corrected chi connectivity index (χ3v) is 5.96. The van der Waals surface area contributed by atoms with Crippen LogP contribution in [0.5, 0.6) is 5.75 Å². The summed E-state index contributed by atoms with van der Waals surface area (Å²) in [6.45, 7) is 6.31. The topological polar surface area (TPSA) is 98.5 Å². The van der Waals surface area contributed by atoms with Gasteiger partial charge in [-0.05, 0) is 57.5 Å². The molecule has 3 aromatic rings. The lowest BCUT2D eigenvalue weighted by atomic mass is 10.00. The smallest absolute Gasteiger partial charge is 0.222 e. The van der Waals surface area contributed by atoms with Gasteiger partial charge in [-0.15, -0.1) is 10.2 Å². The average molecular weight is 494 g/mol. The maximum absolute atomic E-state index is 12.6. The number of carbonyl (C=O) groups is 2. The first-order valence-corrected chi connectivity index (χ1v) is 12.0. The standard InChI is InChI=1S/C26H28ClN5O3/c1-4-28-24(34)15-22-26-31-30-17(3)32(26)23-12-11-20(35-13-5-6-16(2)33)14-21(23)25(29-22)18-7-9-19(27)10-8-18/h7-12,14,22H,4-6,13,15H2,1-3H3,(H,28,34)/t22-/m0/s1. The summed E-state index contributed by atoms with van der Waals surface area (Å²) in [5, 5.41) is 12.2. The lowest BCUT2D eigenvalue weighted by molar-refractivity contribution is -0.121. The van der Waals surface area contributed by atoms with Crippen LogP contribution in [0.2, 0.25) is 5.02 Å². The zero-order valence-electron chi connectivity index (χ0n) is 20.0. The molecule has 1 aliphatic heterocycles. The molecule has 8 nitrogen and oxygen atoms in total. The molecule has 1 atom stereocenters. The zero-order valence-corrected chi connectivity index (χ0v) is 20.8. The Bertz CT molecular complexity index is 1270. The van der Waals surface area contributed by atoms with Crippen LogP contribution in [0, 0.1) is 6.92 Å². The number of aromatic nitrogens is 3. The Labute approximate surface area is 209 Å². The molecule has 1 aromatic heterocycles. The maximum Gasteiger partial charge on any atom is 0.222 e. The summed E-state index contributed by atoms with van der Waals surface area (Å²) < 4.78 is 7.91. The number of amides is 1. The third-order valence-electron chi connectivity index (χ3n) is 5.71. The minimum atomic E-state index is -0.527. The predicted molar refractivity (Wildman–Crippen MR) is 135 cm³/mol. The van der Waals surface area contributed by atoms with Crippen LogP contribution in [0.15, 0.2) is 47.5 Å². The molecule has 0 aliphatic carbocycles. The molecule has 0 radical (unpaired) electrons. The Morgan fingerprint density at radius 3 is 2.63 bits per heavy atom. The van der Waals surface area contributed by atoms with Crippen LogP contribution in [0.4, 0.5) is 0 Å². The molecule has 2 aromatic carbocycles. The van der Waals surface area contributed by atoms with E-state index in [-0.39, 0.29) is 18.1 Å². The molecule has 1 amide bonds. The predicted octanol–water partition coefficient (Wildman–Crippen LogP) is 4.40. The van der Waals surface area contributed by atoms with E-state index in [9.17, 15) is 9.59 Å². The number of carbonyl (C=O) groups excluding carboxylic acids is 2. The van der Waals surface area contributed by atoms with E-state index in [0.29, 0.717) is 54.1 Å². The van der Waals surface area contributed by atoms with Crippen molar-refractivity contribution in [3.63, 3.8) is 0 Å². The Kier molecular flexibility index (Phi) is 7.60. The minimum absolute atomic E-state index is 0.107. The molecule has 182 valence electrons. The SMILES string of the molecule is CCNC(=O)C[C@@H]1N=C(c2ccc(Cl)cc2)c2cc(OCCCC(C)=O)ccc2-n2c(C)nnc21. The van der Waals surface area contributed by atoms with E-state index in [1.54, 1.807) is 6.92 Å². The van der Waals surface area contributed by atoms with Crippen molar-refractivity contribution in [2.24, 2.45) is 4.99 Å². The summed E-state index contributed by atoms with van der Waals surface area (Å²) in [7, 11) is 0. The highest BCUT2D eigenvalue weighted by molar-refractivity contribution is 6.30. The molecule has 0 saturated heterocycles. The van der Waals surface area contributed by atoms with Gasteiger partial charge in [-0.1, -0.05) is 23.7 Å². The van der Waals surface area contributed by atoms with Gasteiger partial charge in [0.2, 0.25) is 5.91 Å². The summed E-state index contributed by atoms with van der Waals surface area (Å²) in [6, 6.07) is 12.7. The number of Topliss-reactive ketones (excluding diaryl/α,β-unsaturated/α-hetero) is 1. The Hall–Kier alpha value is -3.52. The summed E-state index contributed by atoms with van der Waals surface area (Å²) in [4.78, 5) is 28.9. The second kappa shape index (κ2) is 10.8. The van der Waals surface area contributed by atoms with Gasteiger partial charge in [0.25, 0.3) is 0 Å². The van der Waals surface area contributed by atoms with Crippen molar-refractivity contribution in [3.05, 3.63) is 70.3 Å². The second-order valence-electron chi connectivity index (χ2n) is 8.43. The van der Waals surface area contributed by atoms with Gasteiger partial charge in [0, 0.05) is 29.1 Å². The van der Waals surface area contributed by atoms with Crippen molar-refractivity contribution < 1.29 is 14.3 Å². The second-order valence-corrected chi connectivity index (χ2v) is 8.87. The molecular weight excluding hydrogens is 466 g/mol. The fourth-order valence-corrected chi connectivity index (χ4v) is 4.22. The van der Waals surface area contributed by atoms with Crippen LogP contribution < -0.4 is 10.1 Å². The Balaban J connectivity index is 1.82. The van der Waals surface area contributed by atoms with E-state index < -0.39 is 6.04 Å². The van der Waals surface area contributed by atoms with Crippen LogP contribution in [-0.4, -0.2) is 45.3 Å². The first kappa shape index (κ1) is 24.6. The maximum atomic E-state index is 12.6. The lowest BCUT2D eigenvalue weighted by Gasteiger charge is -2.15. The van der Waals surface area contributed by atoms with Gasteiger partial charge in [0.05, 0.1) is 24.4 Å². The number of nitrogens with zero attached hydrogens (tertiary/aromatic N) is 4. The highest BCUT2D eigenvalue weighted by Crippen LogP contribution is 2.34. The molecule has 0 spiro atoms. The van der Waals surface area contributed by atoms with Gasteiger partial charge < -0.3 is 14.8 Å². The number of benzene rings is 2. The number of ketones is 1. The first-order valence-electron chi connectivity index (χ1n) is 11.7. The van der Waals surface area contributed by atoms with E-state index >= 15 is 0 Å². The lowest BCUT2D eigenvalue weighted by Crippen LogP contribution is -2.25. The highest BCUT2D eigenvalue weighted by atomic mass is 35.5. The van der Waals surface area contributed by atoms with Gasteiger partial charge in [-0.3, -0.25) is 14.4 Å². The summed E-state index contributed by atoms with van der Waals surface area (Å²) >= 11 is 6.15. The summed E-state index contributed by atoms with van der Waals surface area (Å²) in [6.07, 6.45) is 1.27. The molecule has 4 rings (SSSR count). The monoisotopic (exact) mass is 493 g/mol. The van der Waals surface area contributed by atoms with E-state index in [0.717, 1.165) is 16.8 Å². The van der Waals surface area contributed by atoms with Crippen molar-refractivity contribution in [2.45, 2.75) is 46.1 Å². The van der Waals surface area contributed by atoms with Crippen LogP contribution >= 0.6 is 11.6 Å². The zero-order chi connectivity index (χ0) is 24.9. The largest absolute Gasteiger partial charge is 0.494 e. The number of hydrogen-bond acceptors (Lipinski definition) is 6. The first-order chi connectivity index (χ1) is 16.9. The van der Waals surface area contributed by atoms with Gasteiger partial charge in [-0.2, -0.15) is 0 Å². The van der Waals surface area contributed by atoms with E-state index in [4.69, 9.17) is 21.3 Å². The molecule has 1 N–H and O–H groups in total. The third kappa shape index (κ3) is 5.59. The number of hydrogen-bond donors (Lipinski definition) is 1. The fraction of sp³-hybridized carbons (Fsp3) is 0.346. The molecular formula is C26H28ClN5O3. The van der Waals surface area contributed by atoms with Gasteiger partial charge >= 0.3 is 0 Å². The van der Waals surface area contributed by atoms with Crippen LogP contribution in [0.25, 0.3) is 5.69 Å². The molecule has 0 saturated carbocycles. The molecule has 0 unspecified atom stereocenters.